The van der Waals surface area contributed by atoms with Gasteiger partial charge in [0.2, 0.25) is 0 Å². The highest BCUT2D eigenvalue weighted by Gasteiger charge is 2.45. The lowest BCUT2D eigenvalue weighted by Gasteiger charge is -2.35. The van der Waals surface area contributed by atoms with Gasteiger partial charge in [-0.15, -0.1) is 0 Å². The van der Waals surface area contributed by atoms with Crippen molar-refractivity contribution in [2.45, 2.75) is 66.3 Å². The summed E-state index contributed by atoms with van der Waals surface area (Å²) in [5.41, 5.74) is 1.36. The van der Waals surface area contributed by atoms with Crippen LogP contribution in [0, 0.1) is 10.8 Å². The zero-order chi connectivity index (χ0) is 25.9. The number of benzene rings is 2. The number of carbonyl (C=O) groups is 4. The number of imide groups is 2. The second-order valence-corrected chi connectivity index (χ2v) is 10.2. The van der Waals surface area contributed by atoms with Crippen molar-refractivity contribution in [1.29, 1.82) is 5.41 Å². The molecule has 4 amide bonds. The molecule has 0 bridgehead atoms. The lowest BCUT2D eigenvalue weighted by atomic mass is 9.88. The molecule has 7 nitrogen and oxygen atoms in total. The molecule has 2 aromatic carbocycles. The normalized spacial score (nSPS) is 15.7. The van der Waals surface area contributed by atoms with Gasteiger partial charge in [0, 0.05) is 11.0 Å². The van der Waals surface area contributed by atoms with Crippen molar-refractivity contribution in [1.82, 2.24) is 9.80 Å². The summed E-state index contributed by atoms with van der Waals surface area (Å²) in [4.78, 5) is 54.7. The number of nitrogens with one attached hydrogen (secondary N) is 1. The van der Waals surface area contributed by atoms with Gasteiger partial charge in [-0.3, -0.25) is 29.5 Å². The molecular formula is C28H31N3O4. The molecule has 2 aliphatic heterocycles. The van der Waals surface area contributed by atoms with Crippen molar-refractivity contribution >= 4 is 29.5 Å². The number of amidine groups is 1. The Morgan fingerprint density at radius 3 is 1.60 bits per heavy atom. The van der Waals surface area contributed by atoms with Crippen molar-refractivity contribution in [2.75, 3.05) is 0 Å². The maximum absolute atomic E-state index is 13.3. The van der Waals surface area contributed by atoms with Gasteiger partial charge >= 0.3 is 0 Å². The third-order valence-corrected chi connectivity index (χ3v) is 7.92. The van der Waals surface area contributed by atoms with Crippen molar-refractivity contribution in [3.8, 4) is 11.1 Å². The van der Waals surface area contributed by atoms with E-state index in [9.17, 15) is 19.2 Å². The molecule has 2 aromatic rings. The fraction of sp³-hybridized carbons (Fsp3) is 0.393. The minimum Gasteiger partial charge on any atom is -0.287 e. The zero-order valence-electron chi connectivity index (χ0n) is 21.1. The fourth-order valence-electron chi connectivity index (χ4n) is 4.57. The standard InChI is InChI=1S/C28H31N3O4/c1-7-27(4,5)26(29)30-22(32)18-12-10-16(14-20(18)23(30)33)17-11-13-19-21(15-17)25(35)31(24(19)34)28(6,8-2)9-3/h10-15,29H,7-9H2,1-6H3. The molecular weight excluding hydrogens is 442 g/mol. The van der Waals surface area contributed by atoms with E-state index < -0.39 is 22.8 Å². The summed E-state index contributed by atoms with van der Waals surface area (Å²) in [6, 6.07) is 10.0. The average molecular weight is 474 g/mol. The van der Waals surface area contributed by atoms with E-state index in [0.717, 1.165) is 4.90 Å². The van der Waals surface area contributed by atoms with Crippen LogP contribution in [0.4, 0.5) is 0 Å². The number of nitrogens with zero attached hydrogens (tertiary/aromatic N) is 2. The minimum absolute atomic E-state index is 0.0237. The Bertz CT molecular complexity index is 1300. The highest BCUT2D eigenvalue weighted by molar-refractivity contribution is 6.30. The molecule has 0 saturated heterocycles. The number of carbonyl (C=O) groups excluding carboxylic acids is 4. The molecule has 2 heterocycles. The molecule has 0 fully saturated rings. The Labute approximate surface area is 205 Å². The van der Waals surface area contributed by atoms with E-state index in [4.69, 9.17) is 5.41 Å². The molecule has 4 rings (SSSR count). The Morgan fingerprint density at radius 1 is 0.686 bits per heavy atom. The van der Waals surface area contributed by atoms with Crippen LogP contribution >= 0.6 is 0 Å². The van der Waals surface area contributed by atoms with Crippen molar-refractivity contribution in [2.24, 2.45) is 5.41 Å². The SMILES string of the molecule is CCC(C)(C)C(=N)N1C(=O)c2ccc(-c3ccc4c(c3)C(=O)N(C(C)(CC)CC)C4=O)cc2C1=O. The predicted octanol–water partition coefficient (Wildman–Crippen LogP) is 5.54. The van der Waals surface area contributed by atoms with Crippen LogP contribution in [0.1, 0.15) is 102 Å². The lowest BCUT2D eigenvalue weighted by molar-refractivity contribution is 0.0434. The van der Waals surface area contributed by atoms with Gasteiger partial charge in [0.1, 0.15) is 5.84 Å². The van der Waals surface area contributed by atoms with Gasteiger partial charge in [0.15, 0.2) is 0 Å². The summed E-state index contributed by atoms with van der Waals surface area (Å²) in [6.07, 6.45) is 1.92. The molecule has 1 N–H and O–H groups in total. The summed E-state index contributed by atoms with van der Waals surface area (Å²) in [5.74, 6) is -1.63. The molecule has 2 aliphatic rings. The molecule has 0 spiro atoms. The molecule has 7 heteroatoms. The van der Waals surface area contributed by atoms with Gasteiger partial charge in [-0.2, -0.15) is 0 Å². The summed E-state index contributed by atoms with van der Waals surface area (Å²) in [5, 5.41) is 8.48. The second kappa shape index (κ2) is 8.26. The highest BCUT2D eigenvalue weighted by atomic mass is 16.2. The molecule has 0 aromatic heterocycles. The van der Waals surface area contributed by atoms with Crippen LogP contribution in [0.5, 0.6) is 0 Å². The topological polar surface area (TPSA) is 98.6 Å². The van der Waals surface area contributed by atoms with Crippen molar-refractivity contribution in [3.63, 3.8) is 0 Å². The highest BCUT2D eigenvalue weighted by Crippen LogP contribution is 2.37. The number of hydrogen-bond donors (Lipinski definition) is 1. The third-order valence-electron chi connectivity index (χ3n) is 7.92. The van der Waals surface area contributed by atoms with Crippen LogP contribution in [0.15, 0.2) is 36.4 Å². The maximum Gasteiger partial charge on any atom is 0.267 e. The van der Waals surface area contributed by atoms with Gasteiger partial charge in [0.05, 0.1) is 22.3 Å². The van der Waals surface area contributed by atoms with Crippen molar-refractivity contribution < 1.29 is 19.2 Å². The first-order valence-corrected chi connectivity index (χ1v) is 12.1. The molecule has 0 saturated carbocycles. The first kappa shape index (κ1) is 24.5. The first-order chi connectivity index (χ1) is 16.4. The maximum atomic E-state index is 13.3. The molecule has 35 heavy (non-hydrogen) atoms. The molecule has 0 aliphatic carbocycles. The van der Waals surface area contributed by atoms with Crippen LogP contribution < -0.4 is 0 Å². The van der Waals surface area contributed by atoms with Gasteiger partial charge in [-0.1, -0.05) is 46.8 Å². The van der Waals surface area contributed by atoms with Gasteiger partial charge < -0.3 is 0 Å². The Kier molecular flexibility index (Phi) is 5.78. The van der Waals surface area contributed by atoms with Crippen LogP contribution in [0.2, 0.25) is 0 Å². The van der Waals surface area contributed by atoms with E-state index in [0.29, 0.717) is 41.5 Å². The quantitative estimate of drug-likeness (QED) is 0.338. The average Bonchev–Trinajstić information content (AvgIpc) is 3.26. The summed E-state index contributed by atoms with van der Waals surface area (Å²) in [7, 11) is 0. The van der Waals surface area contributed by atoms with E-state index in [2.05, 4.69) is 0 Å². The van der Waals surface area contributed by atoms with E-state index in [1.165, 1.54) is 4.90 Å². The van der Waals surface area contributed by atoms with E-state index in [1.807, 2.05) is 41.5 Å². The summed E-state index contributed by atoms with van der Waals surface area (Å²) in [6.45, 7) is 11.4. The van der Waals surface area contributed by atoms with Crippen LogP contribution in [0.3, 0.4) is 0 Å². The number of hydrogen-bond acceptors (Lipinski definition) is 5. The summed E-state index contributed by atoms with van der Waals surface area (Å²) >= 11 is 0. The van der Waals surface area contributed by atoms with Crippen molar-refractivity contribution in [3.05, 3.63) is 58.7 Å². The summed E-state index contributed by atoms with van der Waals surface area (Å²) < 4.78 is 0. The molecule has 0 unspecified atom stereocenters. The largest absolute Gasteiger partial charge is 0.287 e. The smallest absolute Gasteiger partial charge is 0.267 e. The number of rotatable bonds is 6. The fourth-order valence-corrected chi connectivity index (χ4v) is 4.57. The van der Waals surface area contributed by atoms with Gasteiger partial charge in [-0.05, 0) is 61.6 Å². The van der Waals surface area contributed by atoms with E-state index >= 15 is 0 Å². The lowest BCUT2D eigenvalue weighted by Crippen LogP contribution is -2.48. The van der Waals surface area contributed by atoms with Crippen LogP contribution in [-0.4, -0.2) is 44.8 Å². The Balaban J connectivity index is 1.72. The van der Waals surface area contributed by atoms with E-state index in [-0.39, 0.29) is 28.8 Å². The number of amides is 4. The monoisotopic (exact) mass is 473 g/mol. The first-order valence-electron chi connectivity index (χ1n) is 12.1. The Hall–Kier alpha value is -3.61. The molecule has 0 atom stereocenters. The predicted molar refractivity (Wildman–Crippen MR) is 134 cm³/mol. The third kappa shape index (κ3) is 3.52. The Morgan fingerprint density at radius 2 is 1.11 bits per heavy atom. The van der Waals surface area contributed by atoms with Gasteiger partial charge in [-0.25, -0.2) is 4.90 Å². The van der Waals surface area contributed by atoms with E-state index in [1.54, 1.807) is 36.4 Å². The minimum atomic E-state index is -0.625. The molecule has 182 valence electrons. The van der Waals surface area contributed by atoms with Crippen LogP contribution in [0.25, 0.3) is 11.1 Å². The zero-order valence-corrected chi connectivity index (χ0v) is 21.1. The second-order valence-electron chi connectivity index (χ2n) is 10.2. The number of fused-ring (bicyclic) bond motifs is 2. The molecule has 0 radical (unpaired) electrons. The van der Waals surface area contributed by atoms with Gasteiger partial charge in [0.25, 0.3) is 23.6 Å². The van der Waals surface area contributed by atoms with Crippen LogP contribution in [-0.2, 0) is 0 Å².